The molecule has 0 radical (unpaired) electrons. The summed E-state index contributed by atoms with van der Waals surface area (Å²) in [5.41, 5.74) is 0.982. The van der Waals surface area contributed by atoms with Gasteiger partial charge in [-0.1, -0.05) is 11.8 Å². The van der Waals surface area contributed by atoms with Crippen LogP contribution in [0.2, 0.25) is 0 Å². The van der Waals surface area contributed by atoms with Gasteiger partial charge in [-0.2, -0.15) is 0 Å². The van der Waals surface area contributed by atoms with Gasteiger partial charge in [0.25, 0.3) is 5.91 Å². The molecule has 2 aliphatic heterocycles. The average molecular weight is 536 g/mol. The lowest BCUT2D eigenvalue weighted by Gasteiger charge is -2.49. The van der Waals surface area contributed by atoms with Crippen LogP contribution in [0.1, 0.15) is 17.4 Å². The van der Waals surface area contributed by atoms with Crippen molar-refractivity contribution in [2.45, 2.75) is 30.0 Å². The van der Waals surface area contributed by atoms with Gasteiger partial charge in [-0.05, 0) is 28.1 Å². The first-order valence-electron chi connectivity index (χ1n) is 10.5. The first kappa shape index (κ1) is 25.4. The molecule has 2 aromatic rings. The van der Waals surface area contributed by atoms with Crippen LogP contribution < -0.4 is 5.32 Å². The third-order valence-corrected chi connectivity index (χ3v) is 7.70. The summed E-state index contributed by atoms with van der Waals surface area (Å²) in [5.74, 6) is -1.70. The molecular weight excluding hydrogens is 514 g/mol. The number of tetrazole rings is 1. The summed E-state index contributed by atoms with van der Waals surface area (Å²) in [4.78, 5) is 61.9. The second-order valence-corrected chi connectivity index (χ2v) is 9.69. The van der Waals surface area contributed by atoms with Gasteiger partial charge in [0.15, 0.2) is 6.29 Å². The molecule has 190 valence electrons. The molecule has 2 unspecified atom stereocenters. The number of amides is 2. The van der Waals surface area contributed by atoms with E-state index in [4.69, 9.17) is 9.47 Å². The standard InChI is InChI=1S/C20H21N7O7S2/c1-11(29)33-10-34-19(32)16-12(9-36-20-22-23-24-25(20)2)8-35-18-15(17(31)27(16)18)21-14(30)6-26-5-3-4-13(26)7-28/h3-5,7,15,18H,6,8-10H2,1-2H3,(H,21,30). The number of aldehydes is 1. The second-order valence-electron chi connectivity index (χ2n) is 7.65. The molecular formula is C20H21N7O7S2. The van der Waals surface area contributed by atoms with E-state index in [1.165, 1.54) is 44.6 Å². The van der Waals surface area contributed by atoms with Crippen molar-refractivity contribution in [3.63, 3.8) is 0 Å². The fraction of sp³-hybridized carbons (Fsp3) is 0.400. The van der Waals surface area contributed by atoms with Gasteiger partial charge in [0.2, 0.25) is 17.9 Å². The SMILES string of the molecule is CC(=O)OCOC(=O)C1=C(CSc2nnnn2C)CSC2C(NC(=O)Cn3cccc3C=O)C(=O)N12. The number of rotatable bonds is 10. The predicted molar refractivity (Wildman–Crippen MR) is 124 cm³/mol. The van der Waals surface area contributed by atoms with Crippen LogP contribution in [-0.2, 0) is 42.2 Å². The van der Waals surface area contributed by atoms with Crippen molar-refractivity contribution in [1.82, 2.24) is 35.0 Å². The first-order chi connectivity index (χ1) is 17.3. The minimum Gasteiger partial charge on any atom is -0.428 e. The molecule has 0 bridgehead atoms. The van der Waals surface area contributed by atoms with Crippen molar-refractivity contribution < 1.29 is 33.4 Å². The van der Waals surface area contributed by atoms with Gasteiger partial charge in [0.1, 0.15) is 23.7 Å². The number of carbonyl (C=O) groups excluding carboxylic acids is 5. The highest BCUT2D eigenvalue weighted by Crippen LogP contribution is 2.41. The molecule has 4 rings (SSSR count). The van der Waals surface area contributed by atoms with Crippen LogP contribution in [0.25, 0.3) is 0 Å². The fourth-order valence-electron chi connectivity index (χ4n) is 3.56. The smallest absolute Gasteiger partial charge is 0.357 e. The minimum absolute atomic E-state index is 0.0395. The number of nitrogens with one attached hydrogen (secondary N) is 1. The van der Waals surface area contributed by atoms with E-state index in [0.29, 0.717) is 34.2 Å². The van der Waals surface area contributed by atoms with E-state index < -0.39 is 42.0 Å². The van der Waals surface area contributed by atoms with E-state index in [0.717, 1.165) is 0 Å². The molecule has 4 heterocycles. The highest BCUT2D eigenvalue weighted by atomic mass is 32.2. The molecule has 36 heavy (non-hydrogen) atoms. The van der Waals surface area contributed by atoms with E-state index in [1.807, 2.05) is 0 Å². The molecule has 1 N–H and O–H groups in total. The van der Waals surface area contributed by atoms with E-state index in [9.17, 15) is 24.0 Å². The Balaban J connectivity index is 1.48. The third kappa shape index (κ3) is 5.28. The Morgan fingerprint density at radius 2 is 2.14 bits per heavy atom. The summed E-state index contributed by atoms with van der Waals surface area (Å²) < 4.78 is 12.7. The normalized spacial score (nSPS) is 18.8. The molecule has 2 atom stereocenters. The number of aryl methyl sites for hydroxylation is 1. The number of esters is 2. The zero-order valence-corrected chi connectivity index (χ0v) is 20.8. The van der Waals surface area contributed by atoms with Gasteiger partial charge in [0.05, 0.1) is 5.69 Å². The summed E-state index contributed by atoms with van der Waals surface area (Å²) in [7, 11) is 1.68. The topological polar surface area (TPSA) is 168 Å². The summed E-state index contributed by atoms with van der Waals surface area (Å²) in [6.07, 6.45) is 2.22. The predicted octanol–water partition coefficient (Wildman–Crippen LogP) is -0.666. The molecule has 2 amide bonds. The monoisotopic (exact) mass is 535 g/mol. The number of thioether (sulfide) groups is 2. The Kier molecular flexibility index (Phi) is 7.73. The average Bonchev–Trinajstić information content (AvgIpc) is 3.48. The lowest BCUT2D eigenvalue weighted by molar-refractivity contribution is -0.166. The Morgan fingerprint density at radius 1 is 1.33 bits per heavy atom. The fourth-order valence-corrected chi connectivity index (χ4v) is 5.90. The van der Waals surface area contributed by atoms with E-state index in [2.05, 4.69) is 20.8 Å². The molecule has 0 aliphatic carbocycles. The molecule has 16 heteroatoms. The number of hydrogen-bond donors (Lipinski definition) is 1. The Labute approximate surface area is 212 Å². The van der Waals surface area contributed by atoms with E-state index in [-0.39, 0.29) is 12.2 Å². The number of nitrogens with zero attached hydrogens (tertiary/aromatic N) is 6. The van der Waals surface area contributed by atoms with Crippen LogP contribution in [0.4, 0.5) is 0 Å². The highest BCUT2D eigenvalue weighted by Gasteiger charge is 2.54. The second kappa shape index (κ2) is 10.9. The largest absolute Gasteiger partial charge is 0.428 e. The lowest BCUT2D eigenvalue weighted by atomic mass is 10.0. The number of aromatic nitrogens is 5. The van der Waals surface area contributed by atoms with Crippen molar-refractivity contribution in [2.24, 2.45) is 7.05 Å². The maximum absolute atomic E-state index is 13.1. The molecule has 0 saturated carbocycles. The molecule has 2 aromatic heterocycles. The van der Waals surface area contributed by atoms with Crippen LogP contribution in [-0.4, -0.2) is 89.4 Å². The summed E-state index contributed by atoms with van der Waals surface area (Å²) in [6, 6.07) is 2.35. The maximum atomic E-state index is 13.1. The molecule has 0 spiro atoms. The van der Waals surface area contributed by atoms with Gasteiger partial charge >= 0.3 is 11.9 Å². The van der Waals surface area contributed by atoms with Crippen LogP contribution in [0.5, 0.6) is 0 Å². The van der Waals surface area contributed by atoms with Gasteiger partial charge < -0.3 is 19.4 Å². The summed E-state index contributed by atoms with van der Waals surface area (Å²) in [6.45, 7) is 0.444. The zero-order valence-electron chi connectivity index (χ0n) is 19.2. The Hall–Kier alpha value is -3.66. The number of carbonyl (C=O) groups is 5. The van der Waals surface area contributed by atoms with Crippen LogP contribution in [0.3, 0.4) is 0 Å². The van der Waals surface area contributed by atoms with Gasteiger partial charge in [-0.25, -0.2) is 9.48 Å². The van der Waals surface area contributed by atoms with E-state index in [1.54, 1.807) is 25.4 Å². The number of hydrogen-bond acceptors (Lipinski definition) is 12. The third-order valence-electron chi connectivity index (χ3n) is 5.27. The Bertz CT molecular complexity index is 1240. The number of β-lactam (4-membered cyclic amide) rings is 1. The lowest BCUT2D eigenvalue weighted by Crippen LogP contribution is -2.70. The highest BCUT2D eigenvalue weighted by molar-refractivity contribution is 8.01. The molecule has 1 fully saturated rings. The zero-order chi connectivity index (χ0) is 25.8. The number of fused-ring (bicyclic) bond motifs is 1. The first-order valence-corrected chi connectivity index (χ1v) is 12.6. The molecule has 1 saturated heterocycles. The quantitative estimate of drug-likeness (QED) is 0.134. The van der Waals surface area contributed by atoms with Crippen LogP contribution >= 0.6 is 23.5 Å². The van der Waals surface area contributed by atoms with Crippen molar-refractivity contribution in [1.29, 1.82) is 0 Å². The molecule has 0 aromatic carbocycles. The van der Waals surface area contributed by atoms with Crippen LogP contribution in [0, 0.1) is 0 Å². The number of ether oxygens (including phenoxy) is 2. The Morgan fingerprint density at radius 3 is 2.83 bits per heavy atom. The summed E-state index contributed by atoms with van der Waals surface area (Å²) >= 11 is 2.67. The maximum Gasteiger partial charge on any atom is 0.357 e. The van der Waals surface area contributed by atoms with Crippen molar-refractivity contribution in [2.75, 3.05) is 18.3 Å². The summed E-state index contributed by atoms with van der Waals surface area (Å²) in [5, 5.41) is 13.9. The molecule has 14 nitrogen and oxygen atoms in total. The van der Waals surface area contributed by atoms with Crippen LogP contribution in [0.15, 0.2) is 34.8 Å². The van der Waals surface area contributed by atoms with Gasteiger partial charge in [-0.3, -0.25) is 24.1 Å². The van der Waals surface area contributed by atoms with Gasteiger partial charge in [0, 0.05) is 31.7 Å². The van der Waals surface area contributed by atoms with Crippen molar-refractivity contribution in [3.05, 3.63) is 35.3 Å². The van der Waals surface area contributed by atoms with E-state index >= 15 is 0 Å². The van der Waals surface area contributed by atoms with Gasteiger partial charge in [-0.15, -0.1) is 16.9 Å². The van der Waals surface area contributed by atoms with Crippen molar-refractivity contribution >= 4 is 53.6 Å². The van der Waals surface area contributed by atoms with Crippen molar-refractivity contribution in [3.8, 4) is 0 Å². The minimum atomic E-state index is -0.855. The molecule has 2 aliphatic rings.